The van der Waals surface area contributed by atoms with E-state index < -0.39 is 5.60 Å². The van der Waals surface area contributed by atoms with Crippen molar-refractivity contribution in [2.45, 2.75) is 19.4 Å². The van der Waals surface area contributed by atoms with E-state index in [0.717, 1.165) is 39.1 Å². The van der Waals surface area contributed by atoms with E-state index in [-0.39, 0.29) is 0 Å². The first kappa shape index (κ1) is 15.9. The first-order chi connectivity index (χ1) is 13.2. The molecule has 0 saturated carbocycles. The number of benzene rings is 3. The molecule has 1 aliphatic heterocycles. The number of aromatic nitrogens is 1. The Hall–Kier alpha value is -3.33. The van der Waals surface area contributed by atoms with Gasteiger partial charge in [0.25, 0.3) is 0 Å². The van der Waals surface area contributed by atoms with E-state index in [0.29, 0.717) is 5.89 Å². The minimum Gasteiger partial charge on any atom is -0.473 e. The number of hydrogen-bond donors (Lipinski definition) is 0. The molecule has 27 heavy (non-hydrogen) atoms. The van der Waals surface area contributed by atoms with Crippen molar-refractivity contribution in [3.8, 4) is 5.75 Å². The average Bonchev–Trinajstić information content (AvgIpc) is 3.10. The molecular weight excluding hydrogens is 334 g/mol. The first-order valence-corrected chi connectivity index (χ1v) is 9.07. The molecule has 0 saturated heterocycles. The number of rotatable bonds is 2. The molecule has 4 aromatic rings. The zero-order valence-electron chi connectivity index (χ0n) is 15.3. The second kappa shape index (κ2) is 5.85. The summed E-state index contributed by atoms with van der Waals surface area (Å²) in [5.41, 5.74) is 5.15. The van der Waals surface area contributed by atoms with Gasteiger partial charge in [-0.15, -0.1) is 0 Å². The third-order valence-electron chi connectivity index (χ3n) is 5.16. The summed E-state index contributed by atoms with van der Waals surface area (Å²) in [4.78, 5) is 4.48. The summed E-state index contributed by atoms with van der Waals surface area (Å²) in [5, 5.41) is 0. The molecule has 0 N–H and O–H groups in total. The van der Waals surface area contributed by atoms with Crippen molar-refractivity contribution in [3.63, 3.8) is 0 Å². The van der Waals surface area contributed by atoms with Crippen molar-refractivity contribution in [2.75, 3.05) is 0 Å². The summed E-state index contributed by atoms with van der Waals surface area (Å²) in [6.07, 6.45) is 4.27. The second-order valence-corrected chi connectivity index (χ2v) is 6.90. The number of oxazole rings is 1. The zero-order chi connectivity index (χ0) is 18.4. The molecule has 3 heteroatoms. The maximum atomic E-state index is 6.77. The highest BCUT2D eigenvalue weighted by molar-refractivity contribution is 5.85. The molecule has 0 radical (unpaired) electrons. The van der Waals surface area contributed by atoms with Crippen molar-refractivity contribution in [3.05, 3.63) is 101 Å². The number of ether oxygens (including phenoxy) is 1. The predicted octanol–water partition coefficient (Wildman–Crippen LogP) is 5.79. The van der Waals surface area contributed by atoms with E-state index in [1.807, 2.05) is 56.3 Å². The fourth-order valence-corrected chi connectivity index (χ4v) is 3.85. The van der Waals surface area contributed by atoms with E-state index >= 15 is 0 Å². The van der Waals surface area contributed by atoms with Gasteiger partial charge >= 0.3 is 0 Å². The molecule has 0 amide bonds. The fraction of sp³-hybridized carbons (Fsp3) is 0.125. The largest absolute Gasteiger partial charge is 0.473 e. The van der Waals surface area contributed by atoms with Crippen molar-refractivity contribution in [2.24, 2.45) is 0 Å². The lowest BCUT2D eigenvalue weighted by molar-refractivity contribution is 0.160. The van der Waals surface area contributed by atoms with Crippen LogP contribution in [0.1, 0.15) is 28.1 Å². The Labute approximate surface area is 157 Å². The Morgan fingerprint density at radius 2 is 1.48 bits per heavy atom. The third kappa shape index (κ3) is 2.39. The van der Waals surface area contributed by atoms with E-state index in [4.69, 9.17) is 9.15 Å². The number of hydrogen-bond acceptors (Lipinski definition) is 3. The molecule has 1 aliphatic rings. The molecule has 3 aromatic carbocycles. The van der Waals surface area contributed by atoms with Gasteiger partial charge < -0.3 is 9.15 Å². The molecule has 0 unspecified atom stereocenters. The van der Waals surface area contributed by atoms with E-state index in [2.05, 4.69) is 41.4 Å². The topological polar surface area (TPSA) is 35.3 Å². The second-order valence-electron chi connectivity index (χ2n) is 6.90. The Kier molecular flexibility index (Phi) is 3.44. The van der Waals surface area contributed by atoms with Crippen LogP contribution >= 0.6 is 0 Å². The van der Waals surface area contributed by atoms with Gasteiger partial charge in [-0.3, -0.25) is 0 Å². The number of fused-ring (bicyclic) bond motifs is 2. The Balaban J connectivity index is 1.76. The highest BCUT2D eigenvalue weighted by Gasteiger charge is 2.38. The summed E-state index contributed by atoms with van der Waals surface area (Å²) >= 11 is 0. The van der Waals surface area contributed by atoms with Crippen LogP contribution in [-0.2, 0) is 5.60 Å². The summed E-state index contributed by atoms with van der Waals surface area (Å²) in [6.45, 7) is 3.90. The summed E-state index contributed by atoms with van der Waals surface area (Å²) in [6, 6.07) is 22.7. The summed E-state index contributed by atoms with van der Waals surface area (Å²) in [5.74, 6) is 1.51. The van der Waals surface area contributed by atoms with Crippen LogP contribution in [-0.4, -0.2) is 4.98 Å². The molecule has 0 atom stereocenters. The van der Waals surface area contributed by atoms with Crippen LogP contribution in [0.5, 0.6) is 5.75 Å². The molecule has 0 spiro atoms. The van der Waals surface area contributed by atoms with E-state index in [1.54, 1.807) is 0 Å². The summed E-state index contributed by atoms with van der Waals surface area (Å²) in [7, 11) is 0. The minimum absolute atomic E-state index is 0.664. The van der Waals surface area contributed by atoms with Crippen molar-refractivity contribution < 1.29 is 9.15 Å². The number of aryl methyl sites for hydroxylation is 2. The highest BCUT2D eigenvalue weighted by Crippen LogP contribution is 2.45. The lowest BCUT2D eigenvalue weighted by Crippen LogP contribution is -2.34. The van der Waals surface area contributed by atoms with Crippen LogP contribution in [0.25, 0.3) is 17.2 Å². The van der Waals surface area contributed by atoms with Gasteiger partial charge in [0.15, 0.2) is 17.1 Å². The maximum Gasteiger partial charge on any atom is 0.192 e. The van der Waals surface area contributed by atoms with Gasteiger partial charge in [0.1, 0.15) is 11.3 Å². The van der Waals surface area contributed by atoms with Gasteiger partial charge in [-0.2, -0.15) is 0 Å². The van der Waals surface area contributed by atoms with Crippen LogP contribution in [0.15, 0.2) is 77.2 Å². The monoisotopic (exact) mass is 353 g/mol. The Morgan fingerprint density at radius 1 is 0.852 bits per heavy atom. The van der Waals surface area contributed by atoms with Gasteiger partial charge in [-0.05, 0) is 19.1 Å². The van der Waals surface area contributed by atoms with Crippen molar-refractivity contribution in [1.29, 1.82) is 0 Å². The molecule has 0 fully saturated rings. The summed E-state index contributed by atoms with van der Waals surface area (Å²) < 4.78 is 12.6. The standard InChI is InChI=1S/C24H19NO2/c1-16-22-18(15-21-23(16)26-17(2)25-21)13-14-24(27-22,19-9-5-3-6-10-19)20-11-7-4-8-12-20/h3-15H,1-2H3. The average molecular weight is 353 g/mol. The van der Waals surface area contributed by atoms with Crippen LogP contribution in [0.3, 0.4) is 0 Å². The van der Waals surface area contributed by atoms with Gasteiger partial charge in [0.2, 0.25) is 0 Å². The molecule has 5 rings (SSSR count). The quantitative estimate of drug-likeness (QED) is 0.457. The van der Waals surface area contributed by atoms with E-state index in [1.165, 1.54) is 0 Å². The maximum absolute atomic E-state index is 6.77. The molecular formula is C24H19NO2. The fourth-order valence-electron chi connectivity index (χ4n) is 3.85. The van der Waals surface area contributed by atoms with Crippen LogP contribution < -0.4 is 4.74 Å². The van der Waals surface area contributed by atoms with Gasteiger partial charge in [0.05, 0.1) is 0 Å². The van der Waals surface area contributed by atoms with Crippen LogP contribution in [0.2, 0.25) is 0 Å². The third-order valence-corrected chi connectivity index (χ3v) is 5.16. The van der Waals surface area contributed by atoms with Gasteiger partial charge in [-0.1, -0.05) is 66.7 Å². The lowest BCUT2D eigenvalue weighted by Gasteiger charge is -2.36. The van der Waals surface area contributed by atoms with Crippen LogP contribution in [0.4, 0.5) is 0 Å². The molecule has 3 nitrogen and oxygen atoms in total. The lowest BCUT2D eigenvalue weighted by atomic mass is 9.83. The Bertz CT molecular complexity index is 1120. The van der Waals surface area contributed by atoms with Gasteiger partial charge in [-0.25, -0.2) is 4.98 Å². The highest BCUT2D eigenvalue weighted by atomic mass is 16.5. The molecule has 132 valence electrons. The molecule has 1 aromatic heterocycles. The van der Waals surface area contributed by atoms with Crippen LogP contribution in [0, 0.1) is 13.8 Å². The molecule has 0 bridgehead atoms. The van der Waals surface area contributed by atoms with E-state index in [9.17, 15) is 0 Å². The molecule has 2 heterocycles. The SMILES string of the molecule is Cc1nc2cc3c(c(C)c2o1)OC(c1ccccc1)(c1ccccc1)C=C3. The predicted molar refractivity (Wildman–Crippen MR) is 107 cm³/mol. The Morgan fingerprint density at radius 3 is 2.11 bits per heavy atom. The van der Waals surface area contributed by atoms with Gasteiger partial charge in [0, 0.05) is 29.2 Å². The van der Waals surface area contributed by atoms with Crippen molar-refractivity contribution in [1.82, 2.24) is 4.98 Å². The minimum atomic E-state index is -0.678. The number of nitrogens with zero attached hydrogens (tertiary/aromatic N) is 1. The zero-order valence-corrected chi connectivity index (χ0v) is 15.3. The van der Waals surface area contributed by atoms with Crippen molar-refractivity contribution >= 4 is 17.2 Å². The first-order valence-electron chi connectivity index (χ1n) is 9.07. The smallest absolute Gasteiger partial charge is 0.192 e. The normalized spacial score (nSPS) is 14.7. The molecule has 0 aliphatic carbocycles.